The van der Waals surface area contributed by atoms with Crippen LogP contribution in [-0.4, -0.2) is 61.5 Å². The van der Waals surface area contributed by atoms with Gasteiger partial charge in [-0.3, -0.25) is 9.59 Å². The van der Waals surface area contributed by atoms with Crippen molar-refractivity contribution in [1.82, 2.24) is 15.5 Å². The standard InChI is InChI=1S/C20H37N3O4/c1-20(2,3)27-19(26)21-13-9-8-12-16(17(24)14-23(4)5)22-18(25)15-10-6-7-11-15/h15-16H,6-14H2,1-5H3,(H,21,26)(H,22,25). The fourth-order valence-corrected chi connectivity index (χ4v) is 3.19. The third-order valence-electron chi connectivity index (χ3n) is 4.49. The minimum Gasteiger partial charge on any atom is -0.444 e. The molecule has 1 atom stereocenters. The number of unbranched alkanes of at least 4 members (excludes halogenated alkanes) is 1. The quantitative estimate of drug-likeness (QED) is 0.566. The van der Waals surface area contributed by atoms with E-state index >= 15 is 0 Å². The summed E-state index contributed by atoms with van der Waals surface area (Å²) in [5, 5.41) is 5.69. The van der Waals surface area contributed by atoms with E-state index in [9.17, 15) is 14.4 Å². The van der Waals surface area contributed by atoms with Crippen molar-refractivity contribution in [3.63, 3.8) is 0 Å². The van der Waals surface area contributed by atoms with Gasteiger partial charge in [-0.25, -0.2) is 4.79 Å². The maximum atomic E-state index is 12.5. The normalized spacial score (nSPS) is 16.2. The molecule has 156 valence electrons. The molecular weight excluding hydrogens is 346 g/mol. The Morgan fingerprint density at radius 1 is 1.11 bits per heavy atom. The summed E-state index contributed by atoms with van der Waals surface area (Å²) in [6.45, 7) is 6.26. The fourth-order valence-electron chi connectivity index (χ4n) is 3.19. The second-order valence-corrected chi connectivity index (χ2v) is 8.67. The van der Waals surface area contributed by atoms with Crippen LogP contribution in [0.2, 0.25) is 0 Å². The van der Waals surface area contributed by atoms with Crippen molar-refractivity contribution < 1.29 is 19.1 Å². The molecule has 0 aromatic carbocycles. The predicted octanol–water partition coefficient (Wildman–Crippen LogP) is 2.49. The van der Waals surface area contributed by atoms with Crippen molar-refractivity contribution in [1.29, 1.82) is 0 Å². The number of carbonyl (C=O) groups is 3. The number of Topliss-reactive ketones (excluding diaryl/α,β-unsaturated/α-hetero) is 1. The molecule has 0 radical (unpaired) electrons. The number of rotatable bonds is 10. The number of nitrogens with zero attached hydrogens (tertiary/aromatic N) is 1. The number of amides is 2. The van der Waals surface area contributed by atoms with Crippen LogP contribution in [0.15, 0.2) is 0 Å². The van der Waals surface area contributed by atoms with E-state index in [1.807, 2.05) is 39.8 Å². The zero-order valence-electron chi connectivity index (χ0n) is 17.6. The Kier molecular flexibility index (Phi) is 9.77. The Hall–Kier alpha value is -1.63. The van der Waals surface area contributed by atoms with Gasteiger partial charge in [0.15, 0.2) is 5.78 Å². The van der Waals surface area contributed by atoms with Gasteiger partial charge in [-0.15, -0.1) is 0 Å². The van der Waals surface area contributed by atoms with E-state index in [1.54, 1.807) is 0 Å². The molecule has 0 aromatic rings. The SMILES string of the molecule is CN(C)CC(=O)C(CCCCNC(=O)OC(C)(C)C)NC(=O)C1CCCC1. The van der Waals surface area contributed by atoms with Gasteiger partial charge in [-0.1, -0.05) is 12.8 Å². The average Bonchev–Trinajstić information content (AvgIpc) is 3.05. The van der Waals surface area contributed by atoms with Crippen molar-refractivity contribution in [3.05, 3.63) is 0 Å². The van der Waals surface area contributed by atoms with Crippen LogP contribution in [0.1, 0.15) is 65.7 Å². The van der Waals surface area contributed by atoms with Gasteiger partial charge >= 0.3 is 6.09 Å². The number of ketones is 1. The molecule has 0 saturated heterocycles. The fraction of sp³-hybridized carbons (Fsp3) is 0.850. The molecule has 1 aliphatic rings. The van der Waals surface area contributed by atoms with Crippen molar-refractivity contribution in [2.75, 3.05) is 27.2 Å². The molecule has 1 unspecified atom stereocenters. The number of nitrogens with one attached hydrogen (secondary N) is 2. The topological polar surface area (TPSA) is 87.7 Å². The molecule has 1 fully saturated rings. The maximum Gasteiger partial charge on any atom is 0.407 e. The largest absolute Gasteiger partial charge is 0.444 e. The maximum absolute atomic E-state index is 12.5. The summed E-state index contributed by atoms with van der Waals surface area (Å²) in [6, 6.07) is -0.456. The van der Waals surface area contributed by atoms with E-state index in [1.165, 1.54) is 0 Å². The molecule has 2 amide bonds. The Morgan fingerprint density at radius 3 is 2.30 bits per heavy atom. The van der Waals surface area contributed by atoms with E-state index in [-0.39, 0.29) is 17.6 Å². The van der Waals surface area contributed by atoms with Gasteiger partial charge in [0.05, 0.1) is 12.6 Å². The summed E-state index contributed by atoms with van der Waals surface area (Å²) in [7, 11) is 3.69. The smallest absolute Gasteiger partial charge is 0.407 e. The minimum atomic E-state index is -0.516. The van der Waals surface area contributed by atoms with E-state index in [0.717, 1.165) is 38.5 Å². The van der Waals surface area contributed by atoms with Crippen molar-refractivity contribution in [2.24, 2.45) is 5.92 Å². The van der Waals surface area contributed by atoms with E-state index in [4.69, 9.17) is 4.74 Å². The minimum absolute atomic E-state index is 0.0106. The highest BCUT2D eigenvalue weighted by Crippen LogP contribution is 2.25. The highest BCUT2D eigenvalue weighted by atomic mass is 16.6. The number of hydrogen-bond acceptors (Lipinski definition) is 5. The van der Waals surface area contributed by atoms with Crippen LogP contribution in [0.4, 0.5) is 4.79 Å². The molecule has 0 spiro atoms. The molecule has 0 aliphatic heterocycles. The molecule has 0 heterocycles. The van der Waals surface area contributed by atoms with E-state index in [2.05, 4.69) is 10.6 Å². The van der Waals surface area contributed by atoms with Crippen molar-refractivity contribution in [2.45, 2.75) is 77.4 Å². The third kappa shape index (κ3) is 10.3. The highest BCUT2D eigenvalue weighted by molar-refractivity contribution is 5.91. The monoisotopic (exact) mass is 383 g/mol. The Balaban J connectivity index is 2.40. The molecule has 0 aromatic heterocycles. The molecule has 0 bridgehead atoms. The lowest BCUT2D eigenvalue weighted by atomic mass is 10.0. The van der Waals surface area contributed by atoms with Crippen LogP contribution >= 0.6 is 0 Å². The first-order valence-electron chi connectivity index (χ1n) is 10.0. The first-order chi connectivity index (χ1) is 12.6. The lowest BCUT2D eigenvalue weighted by molar-refractivity contribution is -0.130. The summed E-state index contributed by atoms with van der Waals surface area (Å²) in [5.74, 6) is 0.0939. The zero-order valence-corrected chi connectivity index (χ0v) is 17.6. The van der Waals surface area contributed by atoms with Gasteiger partial charge in [0.1, 0.15) is 5.60 Å². The van der Waals surface area contributed by atoms with Crippen LogP contribution in [0.5, 0.6) is 0 Å². The summed E-state index contributed by atoms with van der Waals surface area (Å²) in [6.07, 6.45) is 5.63. The van der Waals surface area contributed by atoms with Gasteiger partial charge in [0.2, 0.25) is 5.91 Å². The third-order valence-corrected chi connectivity index (χ3v) is 4.49. The molecule has 2 N–H and O–H groups in total. The van der Waals surface area contributed by atoms with Crippen LogP contribution in [0.3, 0.4) is 0 Å². The summed E-state index contributed by atoms with van der Waals surface area (Å²) >= 11 is 0. The molecule has 27 heavy (non-hydrogen) atoms. The van der Waals surface area contributed by atoms with Gasteiger partial charge in [0, 0.05) is 12.5 Å². The first-order valence-corrected chi connectivity index (χ1v) is 10.0. The zero-order chi connectivity index (χ0) is 20.4. The molecule has 7 nitrogen and oxygen atoms in total. The molecule has 7 heteroatoms. The molecule has 1 aliphatic carbocycles. The van der Waals surface area contributed by atoms with Gasteiger partial charge in [-0.05, 0) is 67.0 Å². The number of likely N-dealkylation sites (N-methyl/N-ethyl adjacent to an activating group) is 1. The van der Waals surface area contributed by atoms with Gasteiger partial charge < -0.3 is 20.3 Å². The number of ether oxygens (including phenoxy) is 1. The van der Waals surface area contributed by atoms with Crippen LogP contribution in [-0.2, 0) is 14.3 Å². The van der Waals surface area contributed by atoms with Crippen molar-refractivity contribution in [3.8, 4) is 0 Å². The summed E-state index contributed by atoms with van der Waals surface area (Å²) in [5.41, 5.74) is -0.516. The lowest BCUT2D eigenvalue weighted by Crippen LogP contribution is -2.46. The Morgan fingerprint density at radius 2 is 1.74 bits per heavy atom. The second kappa shape index (κ2) is 11.3. The van der Waals surface area contributed by atoms with Crippen LogP contribution in [0, 0.1) is 5.92 Å². The summed E-state index contributed by atoms with van der Waals surface area (Å²) < 4.78 is 5.19. The average molecular weight is 384 g/mol. The number of alkyl carbamates (subject to hydrolysis) is 1. The van der Waals surface area contributed by atoms with E-state index < -0.39 is 17.7 Å². The summed E-state index contributed by atoms with van der Waals surface area (Å²) in [4.78, 5) is 38.3. The number of hydrogen-bond donors (Lipinski definition) is 2. The second-order valence-electron chi connectivity index (χ2n) is 8.67. The predicted molar refractivity (Wildman–Crippen MR) is 106 cm³/mol. The van der Waals surface area contributed by atoms with Gasteiger partial charge in [-0.2, -0.15) is 0 Å². The van der Waals surface area contributed by atoms with Crippen LogP contribution < -0.4 is 10.6 Å². The molecule has 1 saturated carbocycles. The molecular formula is C20H37N3O4. The first kappa shape index (κ1) is 23.4. The molecule has 1 rings (SSSR count). The lowest BCUT2D eigenvalue weighted by Gasteiger charge is -2.22. The highest BCUT2D eigenvalue weighted by Gasteiger charge is 2.27. The number of carbonyl (C=O) groups excluding carboxylic acids is 3. The van der Waals surface area contributed by atoms with Gasteiger partial charge in [0.25, 0.3) is 0 Å². The van der Waals surface area contributed by atoms with E-state index in [0.29, 0.717) is 19.5 Å². The Bertz CT molecular complexity index is 494. The Labute approximate surface area is 163 Å². The van der Waals surface area contributed by atoms with Crippen LogP contribution in [0.25, 0.3) is 0 Å². The van der Waals surface area contributed by atoms with Crippen molar-refractivity contribution >= 4 is 17.8 Å².